The van der Waals surface area contributed by atoms with Gasteiger partial charge >= 0.3 is 0 Å². The summed E-state index contributed by atoms with van der Waals surface area (Å²) in [5.74, 6) is -0.130. The van der Waals surface area contributed by atoms with Crippen LogP contribution in [0.25, 0.3) is 11.5 Å². The molecule has 3 N–H and O–H groups in total. The molecule has 7 heteroatoms. The van der Waals surface area contributed by atoms with E-state index in [9.17, 15) is 4.79 Å². The van der Waals surface area contributed by atoms with Gasteiger partial charge in [0.15, 0.2) is 0 Å². The molecule has 0 unspecified atom stereocenters. The van der Waals surface area contributed by atoms with Crippen molar-refractivity contribution in [3.63, 3.8) is 0 Å². The number of amides is 1. The smallest absolute Gasteiger partial charge is 0.292 e. The van der Waals surface area contributed by atoms with Gasteiger partial charge in [-0.1, -0.05) is 5.16 Å². The van der Waals surface area contributed by atoms with Gasteiger partial charge in [-0.15, -0.1) is 0 Å². The summed E-state index contributed by atoms with van der Waals surface area (Å²) in [5.41, 5.74) is 6.96. The van der Waals surface area contributed by atoms with Crippen LogP contribution in [0.3, 0.4) is 0 Å². The maximum Gasteiger partial charge on any atom is 0.292 e. The van der Waals surface area contributed by atoms with E-state index in [1.54, 1.807) is 18.2 Å². The molecule has 0 bridgehead atoms. The van der Waals surface area contributed by atoms with Crippen molar-refractivity contribution < 1.29 is 9.32 Å². The molecule has 88 valence electrons. The van der Waals surface area contributed by atoms with Crippen molar-refractivity contribution >= 4 is 27.5 Å². The Kier molecular flexibility index (Phi) is 3.10. The van der Waals surface area contributed by atoms with E-state index < -0.39 is 5.91 Å². The van der Waals surface area contributed by atoms with Gasteiger partial charge in [-0.05, 0) is 34.1 Å². The van der Waals surface area contributed by atoms with Gasteiger partial charge in [-0.25, -0.2) is 0 Å². The van der Waals surface area contributed by atoms with Crippen molar-refractivity contribution in [2.45, 2.75) is 0 Å². The van der Waals surface area contributed by atoms with Gasteiger partial charge < -0.3 is 15.6 Å². The fraction of sp³-hybridized carbons (Fsp3) is 0.100. The highest BCUT2D eigenvalue weighted by atomic mass is 79.9. The number of nitrogen functional groups attached to an aromatic ring is 1. The Morgan fingerprint density at radius 3 is 2.94 bits per heavy atom. The van der Waals surface area contributed by atoms with E-state index in [0.29, 0.717) is 11.3 Å². The summed E-state index contributed by atoms with van der Waals surface area (Å²) in [6.45, 7) is 0. The topological polar surface area (TPSA) is 94.0 Å². The van der Waals surface area contributed by atoms with Crippen LogP contribution in [0, 0.1) is 0 Å². The van der Waals surface area contributed by atoms with Gasteiger partial charge in [0, 0.05) is 22.8 Å². The van der Waals surface area contributed by atoms with Crippen LogP contribution in [-0.4, -0.2) is 23.1 Å². The number of anilines is 1. The highest BCUT2D eigenvalue weighted by Crippen LogP contribution is 2.26. The van der Waals surface area contributed by atoms with E-state index in [0.717, 1.165) is 4.47 Å². The fourth-order valence-corrected chi connectivity index (χ4v) is 1.58. The standard InChI is InChI=1S/C10H9BrN4O2/c1-13-9(16)8-14-10(17-15-8)5-2-3-7(12)6(11)4-5/h2-4H,12H2,1H3,(H,13,16). The minimum absolute atomic E-state index is 0.00422. The van der Waals surface area contributed by atoms with Crippen LogP contribution >= 0.6 is 15.9 Å². The zero-order valence-corrected chi connectivity index (χ0v) is 10.5. The largest absolute Gasteiger partial charge is 0.398 e. The van der Waals surface area contributed by atoms with Crippen LogP contribution in [0.15, 0.2) is 27.2 Å². The van der Waals surface area contributed by atoms with Gasteiger partial charge in [-0.2, -0.15) is 4.98 Å². The van der Waals surface area contributed by atoms with E-state index in [1.807, 2.05) is 0 Å². The molecule has 1 amide bonds. The number of nitrogens with two attached hydrogens (primary N) is 1. The highest BCUT2D eigenvalue weighted by Gasteiger charge is 2.14. The Labute approximate surface area is 105 Å². The molecule has 0 aliphatic carbocycles. The molecular formula is C10H9BrN4O2. The zero-order chi connectivity index (χ0) is 12.4. The second-order valence-electron chi connectivity index (χ2n) is 3.24. The molecular weight excluding hydrogens is 288 g/mol. The molecule has 0 saturated carbocycles. The second-order valence-corrected chi connectivity index (χ2v) is 4.09. The quantitative estimate of drug-likeness (QED) is 0.818. The number of aromatic nitrogens is 2. The van der Waals surface area contributed by atoms with Crippen LogP contribution in [0.1, 0.15) is 10.6 Å². The number of carbonyl (C=O) groups excluding carboxylic acids is 1. The summed E-state index contributed by atoms with van der Waals surface area (Å²) >= 11 is 3.30. The van der Waals surface area contributed by atoms with Crippen molar-refractivity contribution in [3.8, 4) is 11.5 Å². The molecule has 1 heterocycles. The Hall–Kier alpha value is -1.89. The Bertz CT molecular complexity index is 567. The van der Waals surface area contributed by atoms with Crippen molar-refractivity contribution in [2.24, 2.45) is 0 Å². The SMILES string of the molecule is CNC(=O)c1noc(-c2ccc(N)c(Br)c2)n1. The number of benzene rings is 1. The molecule has 0 atom stereocenters. The van der Waals surface area contributed by atoms with E-state index in [1.165, 1.54) is 7.05 Å². The number of carbonyl (C=O) groups is 1. The summed E-state index contributed by atoms with van der Waals surface area (Å²) in [6.07, 6.45) is 0. The normalized spacial score (nSPS) is 10.2. The lowest BCUT2D eigenvalue weighted by molar-refractivity contribution is 0.0950. The zero-order valence-electron chi connectivity index (χ0n) is 8.90. The van der Waals surface area contributed by atoms with E-state index >= 15 is 0 Å². The Morgan fingerprint density at radius 2 is 2.29 bits per heavy atom. The Morgan fingerprint density at radius 1 is 1.53 bits per heavy atom. The molecule has 0 aliphatic rings. The van der Waals surface area contributed by atoms with Crippen LogP contribution in [0.5, 0.6) is 0 Å². The number of nitrogens with one attached hydrogen (secondary N) is 1. The summed E-state index contributed by atoms with van der Waals surface area (Å²) in [6, 6.07) is 5.20. The van der Waals surface area contributed by atoms with E-state index in [4.69, 9.17) is 10.3 Å². The number of halogens is 1. The van der Waals surface area contributed by atoms with E-state index in [-0.39, 0.29) is 11.7 Å². The first kappa shape index (κ1) is 11.6. The van der Waals surface area contributed by atoms with Gasteiger partial charge in [-0.3, -0.25) is 4.79 Å². The molecule has 2 aromatic rings. The molecule has 17 heavy (non-hydrogen) atoms. The van der Waals surface area contributed by atoms with Crippen LogP contribution in [0.4, 0.5) is 5.69 Å². The summed E-state index contributed by atoms with van der Waals surface area (Å²) < 4.78 is 5.72. The summed E-state index contributed by atoms with van der Waals surface area (Å²) in [7, 11) is 1.50. The lowest BCUT2D eigenvalue weighted by atomic mass is 10.2. The van der Waals surface area contributed by atoms with Crippen LogP contribution in [0.2, 0.25) is 0 Å². The summed E-state index contributed by atoms with van der Waals surface area (Å²) in [5, 5.41) is 5.98. The van der Waals surface area contributed by atoms with Crippen LogP contribution < -0.4 is 11.1 Å². The molecule has 0 spiro atoms. The first-order valence-corrected chi connectivity index (χ1v) is 5.52. The molecule has 2 rings (SSSR count). The monoisotopic (exact) mass is 296 g/mol. The molecule has 6 nitrogen and oxygen atoms in total. The van der Waals surface area contributed by atoms with Gasteiger partial charge in [0.2, 0.25) is 0 Å². The third-order valence-electron chi connectivity index (χ3n) is 2.10. The van der Waals surface area contributed by atoms with Gasteiger partial charge in [0.1, 0.15) is 0 Å². The number of nitrogens with zero attached hydrogens (tertiary/aromatic N) is 2. The lowest BCUT2D eigenvalue weighted by Crippen LogP contribution is -2.19. The first-order valence-electron chi connectivity index (χ1n) is 4.73. The van der Waals surface area contributed by atoms with Gasteiger partial charge in [0.25, 0.3) is 17.6 Å². The predicted molar refractivity (Wildman–Crippen MR) is 65.2 cm³/mol. The Balaban J connectivity index is 2.37. The molecule has 0 saturated heterocycles. The third-order valence-corrected chi connectivity index (χ3v) is 2.79. The maximum absolute atomic E-state index is 11.3. The number of rotatable bonds is 2. The minimum atomic E-state index is -0.394. The highest BCUT2D eigenvalue weighted by molar-refractivity contribution is 9.10. The number of hydrogen-bond acceptors (Lipinski definition) is 5. The molecule has 0 aliphatic heterocycles. The lowest BCUT2D eigenvalue weighted by Gasteiger charge is -1.98. The minimum Gasteiger partial charge on any atom is -0.398 e. The van der Waals surface area contributed by atoms with Gasteiger partial charge in [0.05, 0.1) is 0 Å². The molecule has 1 aromatic heterocycles. The first-order chi connectivity index (χ1) is 8.11. The van der Waals surface area contributed by atoms with Crippen molar-refractivity contribution in [3.05, 3.63) is 28.5 Å². The average Bonchev–Trinajstić information content (AvgIpc) is 2.81. The third kappa shape index (κ3) is 2.28. The average molecular weight is 297 g/mol. The maximum atomic E-state index is 11.3. The number of hydrogen-bond donors (Lipinski definition) is 2. The van der Waals surface area contributed by atoms with E-state index in [2.05, 4.69) is 31.4 Å². The van der Waals surface area contributed by atoms with Crippen molar-refractivity contribution in [1.29, 1.82) is 0 Å². The molecule has 1 aromatic carbocycles. The molecule has 0 fully saturated rings. The molecule has 0 radical (unpaired) electrons. The van der Waals surface area contributed by atoms with Crippen molar-refractivity contribution in [2.75, 3.05) is 12.8 Å². The second kappa shape index (κ2) is 4.54. The van der Waals surface area contributed by atoms with Crippen molar-refractivity contribution in [1.82, 2.24) is 15.5 Å². The van der Waals surface area contributed by atoms with Crippen LogP contribution in [-0.2, 0) is 0 Å². The predicted octanol–water partition coefficient (Wildman–Crippen LogP) is 1.44. The fourth-order valence-electron chi connectivity index (χ4n) is 1.20. The summed E-state index contributed by atoms with van der Waals surface area (Å²) in [4.78, 5) is 15.2.